The number of fused-ring (bicyclic) bond motifs is 2. The number of carbonyl (C=O) groups excluding carboxylic acids is 1. The van der Waals surface area contributed by atoms with Gasteiger partial charge in [0, 0.05) is 51.5 Å². The van der Waals surface area contributed by atoms with E-state index in [1.54, 1.807) is 0 Å². The molecule has 0 aliphatic rings. The molecule has 1 amide bonds. The number of aliphatic hydroxyl groups is 2. The second kappa shape index (κ2) is 12.0. The van der Waals surface area contributed by atoms with Gasteiger partial charge in [-0.05, 0) is 12.1 Å². The van der Waals surface area contributed by atoms with Gasteiger partial charge in [-0.25, -0.2) is 4.98 Å². The molecule has 1 heterocycles. The molecule has 3 rings (SSSR count). The van der Waals surface area contributed by atoms with Crippen LogP contribution in [0.3, 0.4) is 0 Å². The number of phenols is 1. The van der Waals surface area contributed by atoms with Crippen molar-refractivity contribution in [3.05, 3.63) is 49.4 Å². The molecule has 3 aromatic rings. The molecule has 0 spiro atoms. The first-order valence-electron chi connectivity index (χ1n) is 10.9. The van der Waals surface area contributed by atoms with E-state index in [-0.39, 0.29) is 51.8 Å². The van der Waals surface area contributed by atoms with Crippen LogP contribution in [0.25, 0.3) is 28.3 Å². The van der Waals surface area contributed by atoms with Crippen molar-refractivity contribution in [2.75, 3.05) is 52.5 Å². The number of aromatic amines is 1. The fourth-order valence-electron chi connectivity index (χ4n) is 3.36. The zero-order valence-corrected chi connectivity index (χ0v) is 18.5. The fraction of sp³-hybridized carbons (Fsp3) is 0.364. The first-order chi connectivity index (χ1) is 16.5. The molecule has 0 aliphatic carbocycles. The normalized spacial score (nSPS) is 11.9. The lowest BCUT2D eigenvalue weighted by atomic mass is 10.1. The number of rotatable bonds is 12. The van der Waals surface area contributed by atoms with Gasteiger partial charge < -0.3 is 41.6 Å². The van der Waals surface area contributed by atoms with Gasteiger partial charge >= 0.3 is 0 Å². The Morgan fingerprint density at radius 1 is 0.912 bits per heavy atom. The molecule has 34 heavy (non-hydrogen) atoms. The maximum Gasteiger partial charge on any atom is 0.253 e. The monoisotopic (exact) mass is 472 g/mol. The lowest BCUT2D eigenvalue weighted by molar-refractivity contribution is 0.0955. The summed E-state index contributed by atoms with van der Waals surface area (Å²) in [6.45, 7) is 2.62. The van der Waals surface area contributed by atoms with Crippen LogP contribution in [0.2, 0.25) is 0 Å². The largest absolute Gasteiger partial charge is 0.507 e. The van der Waals surface area contributed by atoms with Crippen LogP contribution >= 0.6 is 0 Å². The summed E-state index contributed by atoms with van der Waals surface area (Å²) in [5, 5.41) is 39.8. The summed E-state index contributed by atoms with van der Waals surface area (Å²) in [5.41, 5.74) is -0.621. The lowest BCUT2D eigenvalue weighted by Gasteiger charge is -2.10. The van der Waals surface area contributed by atoms with Crippen molar-refractivity contribution >= 4 is 34.2 Å². The van der Waals surface area contributed by atoms with Gasteiger partial charge in [0.1, 0.15) is 22.3 Å². The van der Waals surface area contributed by atoms with Gasteiger partial charge in [0.25, 0.3) is 5.91 Å². The molecule has 0 radical (unpaired) electrons. The molecule has 0 aliphatic heterocycles. The molecule has 0 atom stereocenters. The number of phenolic OH excluding ortho intramolecular Hbond substituents is 1. The highest BCUT2D eigenvalue weighted by Crippen LogP contribution is 2.15. The zero-order valence-electron chi connectivity index (χ0n) is 18.5. The van der Waals surface area contributed by atoms with Gasteiger partial charge in [-0.2, -0.15) is 0 Å². The van der Waals surface area contributed by atoms with Crippen molar-refractivity contribution in [3.8, 4) is 5.75 Å². The molecule has 0 fully saturated rings. The van der Waals surface area contributed by atoms with Crippen molar-refractivity contribution in [3.63, 3.8) is 0 Å². The van der Waals surface area contributed by atoms with Crippen molar-refractivity contribution in [2.45, 2.75) is 0 Å². The molecule has 8 N–H and O–H groups in total. The minimum Gasteiger partial charge on any atom is -0.507 e. The van der Waals surface area contributed by atoms with Crippen LogP contribution in [0.1, 0.15) is 10.4 Å². The highest BCUT2D eigenvalue weighted by molar-refractivity contribution is 6.06. The molecule has 182 valence electrons. The van der Waals surface area contributed by atoms with Crippen molar-refractivity contribution in [1.82, 2.24) is 31.2 Å². The Balaban J connectivity index is 2.00. The van der Waals surface area contributed by atoms with Crippen LogP contribution in [-0.4, -0.2) is 83.7 Å². The first-order valence-corrected chi connectivity index (χ1v) is 10.9. The molecular formula is C22H28N6O6. The minimum absolute atomic E-state index is 0.0140. The topological polar surface area (TPSA) is 189 Å². The summed E-state index contributed by atoms with van der Waals surface area (Å²) in [4.78, 5) is 45.0. The van der Waals surface area contributed by atoms with E-state index in [9.17, 15) is 19.5 Å². The highest BCUT2D eigenvalue weighted by atomic mass is 16.3. The SMILES string of the molecule is O=C(NCCNCCO)c1ccc(=O)c2nc3c(=CNCCNCCO)c(O)cc(=O)c3[nH]c12. The highest BCUT2D eigenvalue weighted by Gasteiger charge is 2.16. The van der Waals surface area contributed by atoms with Gasteiger partial charge in [-0.1, -0.05) is 0 Å². The average molecular weight is 473 g/mol. The van der Waals surface area contributed by atoms with Crippen LogP contribution in [0.4, 0.5) is 0 Å². The molecule has 12 nitrogen and oxygen atoms in total. The summed E-state index contributed by atoms with van der Waals surface area (Å²) < 4.78 is 0. The van der Waals surface area contributed by atoms with Gasteiger partial charge in [0.15, 0.2) is 0 Å². The van der Waals surface area contributed by atoms with Crippen LogP contribution in [0, 0.1) is 0 Å². The summed E-state index contributed by atoms with van der Waals surface area (Å²) in [7, 11) is 0. The second-order valence-electron chi connectivity index (χ2n) is 7.40. The van der Waals surface area contributed by atoms with Crippen molar-refractivity contribution < 1.29 is 20.1 Å². The number of nitrogens with one attached hydrogen (secondary N) is 5. The van der Waals surface area contributed by atoms with E-state index in [0.29, 0.717) is 39.3 Å². The Hall–Kier alpha value is -3.58. The van der Waals surface area contributed by atoms with E-state index in [4.69, 9.17) is 10.2 Å². The second-order valence-corrected chi connectivity index (χ2v) is 7.40. The Morgan fingerprint density at radius 2 is 1.62 bits per heavy atom. The van der Waals surface area contributed by atoms with Crippen LogP contribution in [-0.2, 0) is 0 Å². The summed E-state index contributed by atoms with van der Waals surface area (Å²) >= 11 is 0. The number of aromatic nitrogens is 2. The Labute approximate surface area is 193 Å². The van der Waals surface area contributed by atoms with E-state index in [2.05, 4.69) is 31.2 Å². The van der Waals surface area contributed by atoms with Gasteiger partial charge in [0.05, 0.1) is 29.5 Å². The predicted octanol–water partition coefficient (Wildman–Crippen LogP) is -2.92. The minimum atomic E-state index is -0.542. The Bertz CT molecular complexity index is 1330. The van der Waals surface area contributed by atoms with Gasteiger partial charge in [-0.3, -0.25) is 14.4 Å². The Kier molecular flexibility index (Phi) is 8.87. The maximum atomic E-state index is 12.7. The standard InChI is InChI=1S/C22H28N6O6/c29-9-7-23-3-4-25-12-14-16(32)11-17(33)21-19(14)28-20-15(31)2-1-13(18(20)27-21)22(34)26-6-5-24-8-10-30/h1-2,11-12,23-25,27,29-30,32H,3-10H2,(H,26,34). The third-order valence-corrected chi connectivity index (χ3v) is 5.00. The van der Waals surface area contributed by atoms with Gasteiger partial charge in [0.2, 0.25) is 10.9 Å². The van der Waals surface area contributed by atoms with Gasteiger partial charge in [-0.15, -0.1) is 0 Å². The lowest BCUT2D eigenvalue weighted by Crippen LogP contribution is -2.33. The maximum absolute atomic E-state index is 12.7. The smallest absolute Gasteiger partial charge is 0.253 e. The molecule has 2 aromatic carbocycles. The summed E-state index contributed by atoms with van der Waals surface area (Å²) in [5.74, 6) is -0.756. The van der Waals surface area contributed by atoms with E-state index in [1.165, 1.54) is 18.3 Å². The number of benzene rings is 2. The summed E-state index contributed by atoms with van der Waals surface area (Å²) in [6, 6.07) is 3.63. The molecule has 0 saturated carbocycles. The zero-order chi connectivity index (χ0) is 24.5. The fourth-order valence-corrected chi connectivity index (χ4v) is 3.36. The van der Waals surface area contributed by atoms with E-state index < -0.39 is 16.8 Å². The number of aliphatic hydroxyl groups excluding tert-OH is 2. The molecular weight excluding hydrogens is 444 g/mol. The molecule has 12 heteroatoms. The average Bonchev–Trinajstić information content (AvgIpc) is 2.82. The van der Waals surface area contributed by atoms with Crippen LogP contribution < -0.4 is 37.3 Å². The Morgan fingerprint density at radius 3 is 2.32 bits per heavy atom. The van der Waals surface area contributed by atoms with Crippen molar-refractivity contribution in [2.24, 2.45) is 0 Å². The van der Waals surface area contributed by atoms with Crippen molar-refractivity contribution in [1.29, 1.82) is 0 Å². The molecule has 0 bridgehead atoms. The first kappa shape index (κ1) is 25.1. The number of hydrogen-bond donors (Lipinski definition) is 8. The number of nitrogens with zero attached hydrogens (tertiary/aromatic N) is 1. The molecule has 0 saturated heterocycles. The molecule has 0 unspecified atom stereocenters. The van der Waals surface area contributed by atoms with Crippen LogP contribution in [0.15, 0.2) is 27.8 Å². The number of aromatic hydroxyl groups is 1. The summed E-state index contributed by atoms with van der Waals surface area (Å²) in [6.07, 6.45) is 1.49. The van der Waals surface area contributed by atoms with E-state index in [0.717, 1.165) is 6.07 Å². The number of amides is 1. The number of hydrogen-bond acceptors (Lipinski definition) is 10. The van der Waals surface area contributed by atoms with E-state index >= 15 is 0 Å². The molecule has 1 aromatic heterocycles. The van der Waals surface area contributed by atoms with Crippen LogP contribution in [0.5, 0.6) is 5.75 Å². The van der Waals surface area contributed by atoms with E-state index in [1.807, 2.05) is 0 Å². The predicted molar refractivity (Wildman–Crippen MR) is 128 cm³/mol. The number of carbonyl (C=O) groups is 1. The third kappa shape index (κ3) is 5.85. The third-order valence-electron chi connectivity index (χ3n) is 5.00. The number of H-pyrrole nitrogens is 1. The quantitative estimate of drug-likeness (QED) is 0.100.